The number of carbonyl (C=O) groups is 1. The van der Waals surface area contributed by atoms with Gasteiger partial charge in [-0.05, 0) is 104 Å². The SMILES string of the molecule is COc1ccc(F)c(-c2ccc(COc3ccc4c(c3F)C(C(C(=O)O)N(C)C)CCC4)cc2C2CCCC2(C)C)c1. The molecule has 0 bridgehead atoms. The van der Waals surface area contributed by atoms with E-state index in [0.717, 1.165) is 47.9 Å². The van der Waals surface area contributed by atoms with Crippen molar-refractivity contribution >= 4 is 5.97 Å². The maximum absolute atomic E-state index is 16.0. The number of ether oxygens (including phenoxy) is 2. The second-order valence-corrected chi connectivity index (χ2v) is 12.7. The lowest BCUT2D eigenvalue weighted by Crippen LogP contribution is -2.42. The maximum Gasteiger partial charge on any atom is 0.321 e. The monoisotopic (exact) mass is 577 g/mol. The number of aliphatic carboxylic acids is 1. The molecule has 224 valence electrons. The van der Waals surface area contributed by atoms with Crippen molar-refractivity contribution < 1.29 is 28.2 Å². The first-order valence-electron chi connectivity index (χ1n) is 14.8. The van der Waals surface area contributed by atoms with E-state index in [9.17, 15) is 9.90 Å². The standard InChI is InChI=1S/C35H41F2NO4/c1-35(2)17-7-10-28(35)26-18-21(11-14-24(26)27-19-23(41-5)13-15-29(27)36)20-42-30-16-12-22-8-6-9-25(31(22)32(30)37)33(34(39)40)38(3)4/h11-16,18-19,25,28,33H,6-10,17,20H2,1-5H3,(H,39,40). The molecule has 1 N–H and O–H groups in total. The molecule has 1 fully saturated rings. The Morgan fingerprint density at radius 2 is 1.83 bits per heavy atom. The van der Waals surface area contributed by atoms with Crippen LogP contribution in [-0.4, -0.2) is 43.2 Å². The van der Waals surface area contributed by atoms with Gasteiger partial charge in [0.1, 0.15) is 24.2 Å². The summed E-state index contributed by atoms with van der Waals surface area (Å²) in [4.78, 5) is 13.8. The number of halogens is 2. The maximum atomic E-state index is 16.0. The fourth-order valence-electron chi connectivity index (χ4n) is 7.21. The van der Waals surface area contributed by atoms with Gasteiger partial charge < -0.3 is 14.6 Å². The van der Waals surface area contributed by atoms with E-state index in [4.69, 9.17) is 9.47 Å². The van der Waals surface area contributed by atoms with E-state index in [-0.39, 0.29) is 29.5 Å². The summed E-state index contributed by atoms with van der Waals surface area (Å²) >= 11 is 0. The highest BCUT2D eigenvalue weighted by Gasteiger charge is 2.38. The fraction of sp³-hybridized carbons (Fsp3) is 0.457. The molecule has 2 aliphatic carbocycles. The zero-order chi connectivity index (χ0) is 30.2. The molecule has 0 heterocycles. The Morgan fingerprint density at radius 1 is 1.05 bits per heavy atom. The average molecular weight is 578 g/mol. The molecule has 0 amide bonds. The zero-order valence-electron chi connectivity index (χ0n) is 25.2. The number of fused-ring (bicyclic) bond motifs is 1. The minimum Gasteiger partial charge on any atom is -0.497 e. The van der Waals surface area contributed by atoms with Crippen molar-refractivity contribution in [1.82, 2.24) is 4.90 Å². The highest BCUT2D eigenvalue weighted by atomic mass is 19.1. The van der Waals surface area contributed by atoms with Crippen molar-refractivity contribution in [2.75, 3.05) is 21.2 Å². The molecule has 0 aliphatic heterocycles. The van der Waals surface area contributed by atoms with Crippen molar-refractivity contribution in [2.45, 2.75) is 76.9 Å². The molecule has 3 aromatic rings. The van der Waals surface area contributed by atoms with Crippen molar-refractivity contribution in [2.24, 2.45) is 5.41 Å². The van der Waals surface area contributed by atoms with Gasteiger partial charge in [-0.3, -0.25) is 9.69 Å². The first-order valence-corrected chi connectivity index (χ1v) is 14.8. The van der Waals surface area contributed by atoms with Crippen LogP contribution in [0.25, 0.3) is 11.1 Å². The van der Waals surface area contributed by atoms with E-state index in [1.165, 1.54) is 6.07 Å². The lowest BCUT2D eigenvalue weighted by atomic mass is 9.75. The third-order valence-electron chi connectivity index (χ3n) is 9.36. The Hall–Kier alpha value is -3.45. The van der Waals surface area contributed by atoms with Crippen LogP contribution in [0.5, 0.6) is 11.5 Å². The molecule has 0 spiro atoms. The van der Waals surface area contributed by atoms with Crippen molar-refractivity contribution in [3.63, 3.8) is 0 Å². The van der Waals surface area contributed by atoms with Crippen LogP contribution in [0.3, 0.4) is 0 Å². The fourth-order valence-corrected chi connectivity index (χ4v) is 7.21. The smallest absolute Gasteiger partial charge is 0.321 e. The molecule has 2 aliphatic rings. The van der Waals surface area contributed by atoms with Crippen LogP contribution < -0.4 is 9.47 Å². The third kappa shape index (κ3) is 5.76. The molecule has 5 nitrogen and oxygen atoms in total. The molecule has 1 saturated carbocycles. The molecule has 3 atom stereocenters. The normalized spacial score (nSPS) is 20.3. The summed E-state index contributed by atoms with van der Waals surface area (Å²) in [7, 11) is 5.01. The summed E-state index contributed by atoms with van der Waals surface area (Å²) in [6, 6.07) is 13.4. The first-order chi connectivity index (χ1) is 20.0. The highest BCUT2D eigenvalue weighted by molar-refractivity contribution is 5.75. The molecule has 0 saturated heterocycles. The van der Waals surface area contributed by atoms with Gasteiger partial charge in [-0.2, -0.15) is 0 Å². The van der Waals surface area contributed by atoms with Gasteiger partial charge in [-0.1, -0.05) is 44.5 Å². The predicted octanol–water partition coefficient (Wildman–Crippen LogP) is 7.95. The van der Waals surface area contributed by atoms with Gasteiger partial charge in [-0.25, -0.2) is 8.78 Å². The summed E-state index contributed by atoms with van der Waals surface area (Å²) in [5.41, 5.74) is 4.62. The van der Waals surface area contributed by atoms with Gasteiger partial charge in [0.05, 0.1) is 7.11 Å². The van der Waals surface area contributed by atoms with Gasteiger partial charge in [0.15, 0.2) is 11.6 Å². The lowest BCUT2D eigenvalue weighted by Gasteiger charge is -2.34. The van der Waals surface area contributed by atoms with Crippen LogP contribution in [0, 0.1) is 17.0 Å². The van der Waals surface area contributed by atoms with E-state index < -0.39 is 23.7 Å². The number of methoxy groups -OCH3 is 1. The lowest BCUT2D eigenvalue weighted by molar-refractivity contribution is -0.143. The van der Waals surface area contributed by atoms with Crippen LogP contribution in [0.15, 0.2) is 48.5 Å². The Balaban J connectivity index is 1.49. The number of hydrogen-bond acceptors (Lipinski definition) is 4. The number of carboxylic acids is 1. The third-order valence-corrected chi connectivity index (χ3v) is 9.36. The van der Waals surface area contributed by atoms with Crippen LogP contribution in [0.2, 0.25) is 0 Å². The molecule has 3 aromatic carbocycles. The van der Waals surface area contributed by atoms with Crippen molar-refractivity contribution in [3.8, 4) is 22.6 Å². The number of hydrogen-bond donors (Lipinski definition) is 1. The Labute approximate surface area is 247 Å². The number of aryl methyl sites for hydroxylation is 1. The largest absolute Gasteiger partial charge is 0.497 e. The second kappa shape index (κ2) is 12.0. The summed E-state index contributed by atoms with van der Waals surface area (Å²) < 4.78 is 42.6. The van der Waals surface area contributed by atoms with Crippen LogP contribution >= 0.6 is 0 Å². The van der Waals surface area contributed by atoms with Gasteiger partial charge >= 0.3 is 5.97 Å². The molecular weight excluding hydrogens is 536 g/mol. The summed E-state index contributed by atoms with van der Waals surface area (Å²) in [6.45, 7) is 4.66. The quantitative estimate of drug-likeness (QED) is 0.280. The second-order valence-electron chi connectivity index (χ2n) is 12.7. The topological polar surface area (TPSA) is 59.0 Å². The minimum atomic E-state index is -0.960. The average Bonchev–Trinajstić information content (AvgIpc) is 3.31. The van der Waals surface area contributed by atoms with Gasteiger partial charge in [0, 0.05) is 17.0 Å². The molecular formula is C35H41F2NO4. The van der Waals surface area contributed by atoms with Gasteiger partial charge in [-0.15, -0.1) is 0 Å². The number of benzene rings is 3. The number of nitrogens with zero attached hydrogens (tertiary/aromatic N) is 1. The molecule has 0 radical (unpaired) electrons. The minimum absolute atomic E-state index is 0.0519. The number of rotatable bonds is 9. The van der Waals surface area contributed by atoms with Crippen molar-refractivity contribution in [1.29, 1.82) is 0 Å². The highest BCUT2D eigenvalue weighted by Crippen LogP contribution is 2.51. The Morgan fingerprint density at radius 3 is 2.50 bits per heavy atom. The first kappa shape index (κ1) is 30.0. The summed E-state index contributed by atoms with van der Waals surface area (Å²) in [5, 5.41) is 9.91. The van der Waals surface area contributed by atoms with Crippen molar-refractivity contribution in [3.05, 3.63) is 82.4 Å². The van der Waals surface area contributed by atoms with E-state index in [0.29, 0.717) is 29.7 Å². The van der Waals surface area contributed by atoms with E-state index >= 15 is 8.78 Å². The molecule has 42 heavy (non-hydrogen) atoms. The molecule has 7 heteroatoms. The Bertz CT molecular complexity index is 1470. The van der Waals surface area contributed by atoms with E-state index in [1.54, 1.807) is 44.3 Å². The molecule has 0 aromatic heterocycles. The predicted molar refractivity (Wildman–Crippen MR) is 160 cm³/mol. The molecule has 5 rings (SSSR count). The van der Waals surface area contributed by atoms with Crippen LogP contribution in [0.4, 0.5) is 8.78 Å². The molecule has 3 unspecified atom stereocenters. The van der Waals surface area contributed by atoms with Gasteiger partial charge in [0.25, 0.3) is 0 Å². The van der Waals surface area contributed by atoms with Gasteiger partial charge in [0.2, 0.25) is 0 Å². The number of likely N-dealkylation sites (N-methyl/N-ethyl adjacent to an activating group) is 1. The summed E-state index contributed by atoms with van der Waals surface area (Å²) in [6.07, 6.45) is 5.33. The summed E-state index contributed by atoms with van der Waals surface area (Å²) in [5.74, 6) is -1.25. The van der Waals surface area contributed by atoms with Crippen LogP contribution in [-0.2, 0) is 17.8 Å². The Kier molecular flexibility index (Phi) is 8.61. The zero-order valence-corrected chi connectivity index (χ0v) is 25.2. The van der Waals surface area contributed by atoms with E-state index in [2.05, 4.69) is 19.9 Å². The van der Waals surface area contributed by atoms with E-state index in [1.807, 2.05) is 18.2 Å². The van der Waals surface area contributed by atoms with Crippen LogP contribution in [0.1, 0.15) is 80.0 Å². The number of carboxylic acid groups (broad SMARTS) is 1.